The normalized spacial score (nSPS) is 15.2. The number of hydrogen-bond donors (Lipinski definition) is 2. The molecule has 0 aromatic heterocycles. The van der Waals surface area contributed by atoms with Gasteiger partial charge in [0, 0.05) is 5.56 Å². The van der Waals surface area contributed by atoms with Crippen molar-refractivity contribution in [1.29, 1.82) is 0 Å². The van der Waals surface area contributed by atoms with E-state index in [-0.39, 0.29) is 12.3 Å². The van der Waals surface area contributed by atoms with Crippen molar-refractivity contribution in [3.63, 3.8) is 0 Å². The van der Waals surface area contributed by atoms with Crippen molar-refractivity contribution >= 4 is 11.9 Å². The van der Waals surface area contributed by atoms with Gasteiger partial charge in [-0.05, 0) is 50.8 Å². The van der Waals surface area contributed by atoms with Gasteiger partial charge >= 0.3 is 5.97 Å². The molecule has 0 radical (unpaired) electrons. The van der Waals surface area contributed by atoms with E-state index in [4.69, 9.17) is 14.6 Å². The van der Waals surface area contributed by atoms with Gasteiger partial charge in [-0.25, -0.2) is 0 Å². The van der Waals surface area contributed by atoms with Crippen LogP contribution in [-0.2, 0) is 4.79 Å². The number of carboxylic acid groups (broad SMARTS) is 1. The summed E-state index contributed by atoms with van der Waals surface area (Å²) in [7, 11) is 0. The largest absolute Gasteiger partial charge is 0.490 e. The van der Waals surface area contributed by atoms with Crippen LogP contribution in [0.25, 0.3) is 0 Å². The average Bonchev–Trinajstić information content (AvgIpc) is 2.51. The third kappa shape index (κ3) is 4.40. The molecule has 1 aromatic carbocycles. The number of hydrogen-bond acceptors (Lipinski definition) is 4. The number of carbonyl (C=O) groups is 2. The molecule has 6 nitrogen and oxygen atoms in total. The highest BCUT2D eigenvalue weighted by atomic mass is 16.5. The van der Waals surface area contributed by atoms with Gasteiger partial charge in [0.15, 0.2) is 11.5 Å². The van der Waals surface area contributed by atoms with E-state index in [1.54, 1.807) is 18.2 Å². The van der Waals surface area contributed by atoms with Crippen LogP contribution in [0.5, 0.6) is 11.5 Å². The van der Waals surface area contributed by atoms with Crippen molar-refractivity contribution in [2.45, 2.75) is 51.5 Å². The number of benzene rings is 1. The second kappa shape index (κ2) is 8.04. The number of aliphatic carboxylic acids is 1. The van der Waals surface area contributed by atoms with Crippen molar-refractivity contribution < 1.29 is 24.2 Å². The van der Waals surface area contributed by atoms with E-state index < -0.39 is 11.5 Å². The zero-order chi connectivity index (χ0) is 17.6. The van der Waals surface area contributed by atoms with E-state index in [1.165, 1.54) is 0 Å². The highest BCUT2D eigenvalue weighted by Crippen LogP contribution is 2.36. The highest BCUT2D eigenvalue weighted by molar-refractivity contribution is 5.95. The van der Waals surface area contributed by atoms with Crippen LogP contribution in [-0.4, -0.2) is 35.7 Å². The van der Waals surface area contributed by atoms with Crippen LogP contribution in [0.1, 0.15) is 56.3 Å². The van der Waals surface area contributed by atoms with Crippen LogP contribution in [0, 0.1) is 0 Å². The SMILES string of the molecule is CCCOc1ccc(C(=O)NC2(CC(=O)O)CCC2)cc1OCC. The monoisotopic (exact) mass is 335 g/mol. The molecule has 2 rings (SSSR count). The van der Waals surface area contributed by atoms with Gasteiger partial charge in [0.1, 0.15) is 0 Å². The maximum absolute atomic E-state index is 12.5. The number of ether oxygens (including phenoxy) is 2. The zero-order valence-electron chi connectivity index (χ0n) is 14.3. The molecule has 132 valence electrons. The van der Waals surface area contributed by atoms with Crippen LogP contribution in [0.2, 0.25) is 0 Å². The Balaban J connectivity index is 2.13. The molecule has 0 heterocycles. The molecule has 0 aliphatic heterocycles. The van der Waals surface area contributed by atoms with Crippen LogP contribution in [0.4, 0.5) is 0 Å². The first-order chi connectivity index (χ1) is 11.5. The number of carboxylic acids is 1. The Bertz CT molecular complexity index is 595. The molecule has 0 bridgehead atoms. The third-order valence-corrected chi connectivity index (χ3v) is 4.15. The van der Waals surface area contributed by atoms with Crippen molar-refractivity contribution in [3.8, 4) is 11.5 Å². The van der Waals surface area contributed by atoms with E-state index in [0.717, 1.165) is 12.8 Å². The van der Waals surface area contributed by atoms with Crippen LogP contribution >= 0.6 is 0 Å². The lowest BCUT2D eigenvalue weighted by atomic mass is 9.74. The average molecular weight is 335 g/mol. The summed E-state index contributed by atoms with van der Waals surface area (Å²) in [5.74, 6) is -0.0362. The van der Waals surface area contributed by atoms with E-state index in [9.17, 15) is 9.59 Å². The smallest absolute Gasteiger partial charge is 0.305 e. The fraction of sp³-hybridized carbons (Fsp3) is 0.556. The fourth-order valence-corrected chi connectivity index (χ4v) is 2.80. The predicted octanol–water partition coefficient (Wildman–Crippen LogP) is 3.00. The number of amides is 1. The number of nitrogens with one attached hydrogen (secondary N) is 1. The summed E-state index contributed by atoms with van der Waals surface area (Å²) in [4.78, 5) is 23.5. The van der Waals surface area contributed by atoms with Crippen molar-refractivity contribution in [1.82, 2.24) is 5.32 Å². The maximum atomic E-state index is 12.5. The Morgan fingerprint density at radius 2 is 1.96 bits per heavy atom. The van der Waals surface area contributed by atoms with Crippen molar-refractivity contribution in [3.05, 3.63) is 23.8 Å². The Kier molecular flexibility index (Phi) is 6.06. The molecule has 0 unspecified atom stereocenters. The fourth-order valence-electron chi connectivity index (χ4n) is 2.80. The third-order valence-electron chi connectivity index (χ3n) is 4.15. The van der Waals surface area contributed by atoms with E-state index >= 15 is 0 Å². The lowest BCUT2D eigenvalue weighted by molar-refractivity contribution is -0.139. The first-order valence-electron chi connectivity index (χ1n) is 8.43. The molecule has 24 heavy (non-hydrogen) atoms. The van der Waals surface area contributed by atoms with Gasteiger partial charge in [0.05, 0.1) is 25.2 Å². The molecular formula is C18H25NO5. The summed E-state index contributed by atoms with van der Waals surface area (Å²) in [5, 5.41) is 11.9. The minimum absolute atomic E-state index is 0.0469. The second-order valence-corrected chi connectivity index (χ2v) is 6.10. The summed E-state index contributed by atoms with van der Waals surface area (Å²) < 4.78 is 11.2. The van der Waals surface area contributed by atoms with Gasteiger partial charge in [-0.2, -0.15) is 0 Å². The van der Waals surface area contributed by atoms with Gasteiger partial charge in [-0.15, -0.1) is 0 Å². The Morgan fingerprint density at radius 1 is 1.21 bits per heavy atom. The Morgan fingerprint density at radius 3 is 2.50 bits per heavy atom. The van der Waals surface area contributed by atoms with E-state index in [2.05, 4.69) is 5.32 Å². The summed E-state index contributed by atoms with van der Waals surface area (Å²) >= 11 is 0. The highest BCUT2D eigenvalue weighted by Gasteiger charge is 2.40. The summed E-state index contributed by atoms with van der Waals surface area (Å²) in [6.07, 6.45) is 3.16. The maximum Gasteiger partial charge on any atom is 0.305 e. The second-order valence-electron chi connectivity index (χ2n) is 6.10. The predicted molar refractivity (Wildman–Crippen MR) is 89.7 cm³/mol. The lowest BCUT2D eigenvalue weighted by Crippen LogP contribution is -2.54. The van der Waals surface area contributed by atoms with Crippen molar-refractivity contribution in [2.75, 3.05) is 13.2 Å². The molecule has 0 atom stereocenters. The molecule has 1 fully saturated rings. The molecule has 1 aliphatic rings. The van der Waals surface area contributed by atoms with Gasteiger partial charge in [-0.3, -0.25) is 9.59 Å². The quantitative estimate of drug-likeness (QED) is 0.724. The molecule has 1 saturated carbocycles. The van der Waals surface area contributed by atoms with Crippen LogP contribution < -0.4 is 14.8 Å². The molecule has 1 aliphatic carbocycles. The molecule has 6 heteroatoms. The minimum Gasteiger partial charge on any atom is -0.490 e. The van der Waals surface area contributed by atoms with Gasteiger partial charge < -0.3 is 19.9 Å². The van der Waals surface area contributed by atoms with E-state index in [1.807, 2.05) is 13.8 Å². The first kappa shape index (κ1) is 18.1. The molecular weight excluding hydrogens is 310 g/mol. The van der Waals surface area contributed by atoms with Crippen molar-refractivity contribution in [2.24, 2.45) is 0 Å². The lowest BCUT2D eigenvalue weighted by Gasteiger charge is -2.41. The zero-order valence-corrected chi connectivity index (χ0v) is 14.3. The van der Waals surface area contributed by atoms with Crippen LogP contribution in [0.15, 0.2) is 18.2 Å². The number of carbonyl (C=O) groups excluding carboxylic acids is 1. The van der Waals surface area contributed by atoms with Gasteiger partial charge in [-0.1, -0.05) is 6.92 Å². The van der Waals surface area contributed by atoms with Crippen LogP contribution in [0.3, 0.4) is 0 Å². The van der Waals surface area contributed by atoms with Gasteiger partial charge in [0.2, 0.25) is 0 Å². The summed E-state index contributed by atoms with van der Waals surface area (Å²) in [6, 6.07) is 5.05. The first-order valence-corrected chi connectivity index (χ1v) is 8.43. The van der Waals surface area contributed by atoms with Gasteiger partial charge in [0.25, 0.3) is 5.91 Å². The molecule has 2 N–H and O–H groups in total. The summed E-state index contributed by atoms with van der Waals surface area (Å²) in [5.41, 5.74) is -0.175. The molecule has 1 aromatic rings. The number of rotatable bonds is 9. The minimum atomic E-state index is -0.895. The summed E-state index contributed by atoms with van der Waals surface area (Å²) in [6.45, 7) is 4.93. The topological polar surface area (TPSA) is 84.9 Å². The molecule has 0 spiro atoms. The Hall–Kier alpha value is -2.24. The standard InChI is InChI=1S/C18H25NO5/c1-3-10-24-14-7-6-13(11-15(14)23-4-2)17(22)19-18(8-5-9-18)12-16(20)21/h6-7,11H,3-5,8-10,12H2,1-2H3,(H,19,22)(H,20,21). The molecule has 1 amide bonds. The molecule has 0 saturated heterocycles. The Labute approximate surface area is 142 Å². The van der Waals surface area contributed by atoms with E-state index in [0.29, 0.717) is 43.1 Å².